The van der Waals surface area contributed by atoms with Crippen molar-refractivity contribution in [3.05, 3.63) is 59.2 Å². The Kier molecular flexibility index (Phi) is 5.53. The fourth-order valence-corrected chi connectivity index (χ4v) is 4.41. The molecule has 1 saturated heterocycles. The lowest BCUT2D eigenvalue weighted by atomic mass is 9.79. The van der Waals surface area contributed by atoms with E-state index < -0.39 is 0 Å². The van der Waals surface area contributed by atoms with Gasteiger partial charge in [-0.1, -0.05) is 77.9 Å². The van der Waals surface area contributed by atoms with Gasteiger partial charge >= 0.3 is 0 Å². The fraction of sp³-hybridized carbons (Fsp3) is 0.538. The quantitative estimate of drug-likeness (QED) is 0.650. The Labute approximate surface area is 171 Å². The zero-order valence-electron chi connectivity index (χ0n) is 18.7. The molecule has 0 amide bonds. The van der Waals surface area contributed by atoms with Crippen LogP contribution in [0.5, 0.6) is 5.75 Å². The second kappa shape index (κ2) is 7.46. The van der Waals surface area contributed by atoms with Gasteiger partial charge in [-0.25, -0.2) is 0 Å². The summed E-state index contributed by atoms with van der Waals surface area (Å²) in [6.45, 7) is 15.6. The largest absolute Gasteiger partial charge is 0.505 e. The first kappa shape index (κ1) is 20.8. The van der Waals surface area contributed by atoms with E-state index in [0.29, 0.717) is 17.8 Å². The topological polar surface area (TPSA) is 23.5 Å². The number of anilines is 1. The van der Waals surface area contributed by atoms with Crippen molar-refractivity contribution >= 4 is 5.69 Å². The van der Waals surface area contributed by atoms with E-state index in [-0.39, 0.29) is 10.8 Å². The molecule has 1 aliphatic rings. The van der Waals surface area contributed by atoms with Crippen LogP contribution in [-0.4, -0.2) is 17.2 Å². The van der Waals surface area contributed by atoms with Gasteiger partial charge in [0.15, 0.2) is 0 Å². The highest BCUT2D eigenvalue weighted by Crippen LogP contribution is 2.45. The minimum atomic E-state index is -0.0992. The van der Waals surface area contributed by atoms with Crippen LogP contribution >= 0.6 is 0 Å². The Balaban J connectivity index is 2.09. The van der Waals surface area contributed by atoms with Gasteiger partial charge in [0.05, 0.1) is 5.69 Å². The Morgan fingerprint density at radius 2 is 1.57 bits per heavy atom. The molecule has 2 atom stereocenters. The Morgan fingerprint density at radius 1 is 0.929 bits per heavy atom. The highest BCUT2D eigenvalue weighted by Gasteiger charge is 2.35. The summed E-state index contributed by atoms with van der Waals surface area (Å²) in [5.74, 6) is 0.465. The monoisotopic (exact) mass is 379 g/mol. The minimum Gasteiger partial charge on any atom is -0.505 e. The highest BCUT2D eigenvalue weighted by atomic mass is 16.3. The number of phenols is 1. The zero-order chi connectivity index (χ0) is 20.7. The Morgan fingerprint density at radius 3 is 2.14 bits per heavy atom. The number of aromatic hydroxyl groups is 1. The maximum Gasteiger partial charge on any atom is 0.142 e. The molecule has 1 aliphatic heterocycles. The molecule has 0 aliphatic carbocycles. The number of benzene rings is 2. The van der Waals surface area contributed by atoms with Gasteiger partial charge in [0, 0.05) is 17.6 Å². The normalized spacial score (nSPS) is 20.6. The van der Waals surface area contributed by atoms with Crippen LogP contribution in [0.3, 0.4) is 0 Å². The average Bonchev–Trinajstić information content (AvgIpc) is 2.94. The van der Waals surface area contributed by atoms with E-state index in [1.807, 2.05) is 0 Å². The van der Waals surface area contributed by atoms with E-state index in [1.165, 1.54) is 24.0 Å². The average molecular weight is 380 g/mol. The predicted molar refractivity (Wildman–Crippen MR) is 121 cm³/mol. The molecule has 152 valence electrons. The molecule has 1 heterocycles. The van der Waals surface area contributed by atoms with Gasteiger partial charge in [0.1, 0.15) is 5.75 Å². The molecule has 28 heavy (non-hydrogen) atoms. The molecule has 1 fully saturated rings. The number of rotatable bonds is 3. The van der Waals surface area contributed by atoms with Gasteiger partial charge in [0.25, 0.3) is 0 Å². The maximum atomic E-state index is 11.3. The first-order valence-corrected chi connectivity index (χ1v) is 10.7. The van der Waals surface area contributed by atoms with Gasteiger partial charge in [0.2, 0.25) is 0 Å². The third-order valence-corrected chi connectivity index (χ3v) is 6.14. The lowest BCUT2D eigenvalue weighted by Gasteiger charge is -2.35. The van der Waals surface area contributed by atoms with Crippen molar-refractivity contribution in [2.24, 2.45) is 0 Å². The summed E-state index contributed by atoms with van der Waals surface area (Å²) in [6.07, 6.45) is 3.36. The smallest absolute Gasteiger partial charge is 0.142 e. The molecule has 3 rings (SSSR count). The van der Waals surface area contributed by atoms with Crippen molar-refractivity contribution in [3.8, 4) is 5.75 Å². The summed E-state index contributed by atoms with van der Waals surface area (Å²) in [6, 6.07) is 16.1. The second-order valence-electron chi connectivity index (χ2n) is 10.6. The number of phenolic OH excluding ortho intramolecular Hbond substituents is 1. The number of hydrogen-bond donors (Lipinski definition) is 1. The lowest BCUT2D eigenvalue weighted by Crippen LogP contribution is -2.36. The van der Waals surface area contributed by atoms with Crippen LogP contribution in [-0.2, 0) is 17.3 Å². The minimum absolute atomic E-state index is 0.0420. The van der Waals surface area contributed by atoms with Crippen LogP contribution in [0.15, 0.2) is 42.5 Å². The van der Waals surface area contributed by atoms with Crippen molar-refractivity contribution < 1.29 is 5.11 Å². The van der Waals surface area contributed by atoms with E-state index in [4.69, 9.17) is 0 Å². The van der Waals surface area contributed by atoms with Gasteiger partial charge in [-0.05, 0) is 54.2 Å². The molecule has 0 bridgehead atoms. The van der Waals surface area contributed by atoms with Crippen molar-refractivity contribution in [1.29, 1.82) is 0 Å². The van der Waals surface area contributed by atoms with Crippen molar-refractivity contribution in [3.63, 3.8) is 0 Å². The predicted octanol–water partition coefficient (Wildman–Crippen LogP) is 6.59. The molecular formula is C26H37NO. The fourth-order valence-electron chi connectivity index (χ4n) is 4.41. The van der Waals surface area contributed by atoms with E-state index in [9.17, 15) is 5.11 Å². The summed E-state index contributed by atoms with van der Waals surface area (Å²) in [4.78, 5) is 2.49. The number of hydrogen-bond acceptors (Lipinski definition) is 2. The summed E-state index contributed by atoms with van der Waals surface area (Å²) >= 11 is 0. The Bertz CT molecular complexity index is 811. The van der Waals surface area contributed by atoms with Gasteiger partial charge in [-0.15, -0.1) is 0 Å². The third-order valence-electron chi connectivity index (χ3n) is 6.14. The summed E-state index contributed by atoms with van der Waals surface area (Å²) in [7, 11) is 0. The van der Waals surface area contributed by atoms with Crippen molar-refractivity contribution in [2.45, 2.75) is 90.6 Å². The summed E-state index contributed by atoms with van der Waals surface area (Å²) in [5.41, 5.74) is 4.67. The van der Waals surface area contributed by atoms with Crippen LogP contribution in [0.1, 0.15) is 78.0 Å². The van der Waals surface area contributed by atoms with Crippen LogP contribution < -0.4 is 4.90 Å². The molecule has 0 spiro atoms. The van der Waals surface area contributed by atoms with Gasteiger partial charge in [-0.3, -0.25) is 0 Å². The van der Waals surface area contributed by atoms with Crippen molar-refractivity contribution in [1.82, 2.24) is 0 Å². The van der Waals surface area contributed by atoms with Gasteiger partial charge < -0.3 is 10.0 Å². The number of nitrogens with zero attached hydrogens (tertiary/aromatic N) is 1. The molecule has 0 aromatic heterocycles. The highest BCUT2D eigenvalue weighted by molar-refractivity contribution is 5.66. The molecule has 0 unspecified atom stereocenters. The van der Waals surface area contributed by atoms with E-state index >= 15 is 0 Å². The first-order chi connectivity index (χ1) is 13.0. The molecule has 1 N–H and O–H groups in total. The molecule has 0 radical (unpaired) electrons. The maximum absolute atomic E-state index is 11.3. The first-order valence-electron chi connectivity index (χ1n) is 10.7. The van der Waals surface area contributed by atoms with E-state index in [2.05, 4.69) is 95.8 Å². The molecule has 2 nitrogen and oxygen atoms in total. The standard InChI is InChI=1S/C26H37NO/c1-18-13-14-21(15-19-11-9-8-10-12-19)27(18)23-17-20(25(2,3)4)16-22(24(23)28)26(5,6)7/h8-12,16-18,21,28H,13-15H2,1-7H3/t18-,21-/m0/s1. The second-order valence-corrected chi connectivity index (χ2v) is 10.6. The Hall–Kier alpha value is -1.96. The van der Waals surface area contributed by atoms with Gasteiger partial charge in [-0.2, -0.15) is 0 Å². The van der Waals surface area contributed by atoms with E-state index in [0.717, 1.165) is 17.7 Å². The molecular weight excluding hydrogens is 342 g/mol. The van der Waals surface area contributed by atoms with Crippen LogP contribution in [0.4, 0.5) is 5.69 Å². The van der Waals surface area contributed by atoms with Crippen molar-refractivity contribution in [2.75, 3.05) is 4.90 Å². The molecule has 0 saturated carbocycles. The molecule has 2 heteroatoms. The van der Waals surface area contributed by atoms with Crippen LogP contribution in [0.2, 0.25) is 0 Å². The SMILES string of the molecule is C[C@H]1CC[C@@H](Cc2ccccc2)N1c1cc(C(C)(C)C)cc(C(C)(C)C)c1O. The zero-order valence-corrected chi connectivity index (χ0v) is 18.7. The molecule has 2 aromatic rings. The third kappa shape index (κ3) is 4.21. The summed E-state index contributed by atoms with van der Waals surface area (Å²) in [5, 5.41) is 11.3. The van der Waals surface area contributed by atoms with E-state index in [1.54, 1.807) is 0 Å². The van der Waals surface area contributed by atoms with Crippen LogP contribution in [0.25, 0.3) is 0 Å². The summed E-state index contributed by atoms with van der Waals surface area (Å²) < 4.78 is 0. The van der Waals surface area contributed by atoms with Crippen LogP contribution in [0, 0.1) is 0 Å². The lowest BCUT2D eigenvalue weighted by molar-refractivity contribution is 0.441. The molecule has 2 aromatic carbocycles.